The van der Waals surface area contributed by atoms with Gasteiger partial charge in [0.1, 0.15) is 4.90 Å². The van der Waals surface area contributed by atoms with Gasteiger partial charge < -0.3 is 5.32 Å². The molecular formula is C13H16Cl2N2O5S2. The lowest BCUT2D eigenvalue weighted by atomic mass is 10.2. The molecule has 7 nitrogen and oxygen atoms in total. The monoisotopic (exact) mass is 414 g/mol. The summed E-state index contributed by atoms with van der Waals surface area (Å²) in [5.41, 5.74) is -0.0780. The van der Waals surface area contributed by atoms with E-state index in [9.17, 15) is 21.6 Å². The zero-order valence-electron chi connectivity index (χ0n) is 12.9. The van der Waals surface area contributed by atoms with Crippen LogP contribution in [0.2, 0.25) is 10.0 Å². The van der Waals surface area contributed by atoms with E-state index >= 15 is 0 Å². The van der Waals surface area contributed by atoms with E-state index in [-0.39, 0.29) is 32.0 Å². The third-order valence-electron chi connectivity index (χ3n) is 3.59. The van der Waals surface area contributed by atoms with Gasteiger partial charge in [-0.2, -0.15) is 0 Å². The lowest BCUT2D eigenvalue weighted by molar-refractivity contribution is 0.0941. The third kappa shape index (κ3) is 4.02. The second kappa shape index (κ2) is 6.80. The van der Waals surface area contributed by atoms with E-state index in [1.165, 1.54) is 20.2 Å². The quantitative estimate of drug-likeness (QED) is 0.796. The second-order valence-corrected chi connectivity index (χ2v) is 10.8. The van der Waals surface area contributed by atoms with Crippen LogP contribution in [0.4, 0.5) is 0 Å². The Labute approximate surface area is 150 Å². The average Bonchev–Trinajstić information content (AvgIpc) is 2.77. The topological polar surface area (TPSA) is 101 Å². The Morgan fingerprint density at radius 3 is 2.38 bits per heavy atom. The molecule has 0 aliphatic carbocycles. The Bertz CT molecular complexity index is 882. The number of amides is 1. The summed E-state index contributed by atoms with van der Waals surface area (Å²) in [6.07, 6.45) is 0.308. The van der Waals surface area contributed by atoms with Gasteiger partial charge in [0.2, 0.25) is 10.0 Å². The highest BCUT2D eigenvalue weighted by Gasteiger charge is 2.30. The largest absolute Gasteiger partial charge is 0.348 e. The molecule has 1 fully saturated rings. The molecule has 134 valence electrons. The summed E-state index contributed by atoms with van der Waals surface area (Å²) in [7, 11) is -4.34. The summed E-state index contributed by atoms with van der Waals surface area (Å²) >= 11 is 11.9. The summed E-state index contributed by atoms with van der Waals surface area (Å²) in [4.78, 5) is 12.1. The van der Waals surface area contributed by atoms with Crippen molar-refractivity contribution in [3.05, 3.63) is 27.7 Å². The van der Waals surface area contributed by atoms with Crippen molar-refractivity contribution < 1.29 is 21.6 Å². The molecule has 1 saturated heterocycles. The fraction of sp³-hybridized carbons (Fsp3) is 0.462. The molecule has 0 spiro atoms. The highest BCUT2D eigenvalue weighted by molar-refractivity contribution is 7.91. The smallest absolute Gasteiger partial charge is 0.253 e. The van der Waals surface area contributed by atoms with Crippen molar-refractivity contribution in [1.82, 2.24) is 9.62 Å². The fourth-order valence-corrected chi connectivity index (χ4v) is 5.67. The maximum absolute atomic E-state index is 12.4. The van der Waals surface area contributed by atoms with E-state index in [0.29, 0.717) is 6.42 Å². The molecule has 11 heteroatoms. The Morgan fingerprint density at radius 2 is 1.88 bits per heavy atom. The number of carbonyl (C=O) groups is 1. The Balaban J connectivity index is 2.35. The van der Waals surface area contributed by atoms with Gasteiger partial charge in [0.05, 0.1) is 27.1 Å². The number of benzene rings is 1. The van der Waals surface area contributed by atoms with Gasteiger partial charge in [0.15, 0.2) is 9.84 Å². The molecule has 1 aromatic rings. The van der Waals surface area contributed by atoms with Crippen LogP contribution in [0, 0.1) is 0 Å². The Morgan fingerprint density at radius 1 is 1.25 bits per heavy atom. The van der Waals surface area contributed by atoms with Crippen molar-refractivity contribution >= 4 is 49.0 Å². The highest BCUT2D eigenvalue weighted by atomic mass is 35.5. The SMILES string of the molecule is CN(C)S(=O)(=O)c1cc(C(=O)N[C@@H]2CCS(=O)(=O)C2)c(Cl)cc1Cl. The van der Waals surface area contributed by atoms with Gasteiger partial charge in [-0.1, -0.05) is 23.2 Å². The number of halogens is 2. The summed E-state index contributed by atoms with van der Waals surface area (Å²) in [6, 6.07) is 1.75. The molecular weight excluding hydrogens is 399 g/mol. The van der Waals surface area contributed by atoms with Crippen LogP contribution < -0.4 is 5.32 Å². The molecule has 0 bridgehead atoms. The minimum Gasteiger partial charge on any atom is -0.348 e. The van der Waals surface area contributed by atoms with Crippen molar-refractivity contribution in [2.45, 2.75) is 17.4 Å². The third-order valence-corrected chi connectivity index (χ3v) is 7.95. The number of sulfonamides is 1. The molecule has 24 heavy (non-hydrogen) atoms. The molecule has 1 amide bonds. The Hall–Kier alpha value is -0.870. The average molecular weight is 415 g/mol. The maximum atomic E-state index is 12.4. The molecule has 1 aliphatic heterocycles. The van der Waals surface area contributed by atoms with Crippen LogP contribution in [0.25, 0.3) is 0 Å². The Kier molecular flexibility index (Phi) is 5.51. The van der Waals surface area contributed by atoms with Crippen LogP contribution in [-0.2, 0) is 19.9 Å². The molecule has 1 atom stereocenters. The number of hydrogen-bond acceptors (Lipinski definition) is 5. The molecule has 0 unspecified atom stereocenters. The lowest BCUT2D eigenvalue weighted by Crippen LogP contribution is -2.36. The van der Waals surface area contributed by atoms with Crippen LogP contribution in [0.5, 0.6) is 0 Å². The van der Waals surface area contributed by atoms with E-state index in [2.05, 4.69) is 5.32 Å². The molecule has 1 aromatic carbocycles. The predicted octanol–water partition coefficient (Wildman–Crippen LogP) is 1.16. The van der Waals surface area contributed by atoms with E-state index in [1.807, 2.05) is 0 Å². The second-order valence-electron chi connectivity index (χ2n) is 5.62. The van der Waals surface area contributed by atoms with Crippen LogP contribution >= 0.6 is 23.2 Å². The maximum Gasteiger partial charge on any atom is 0.253 e. The standard InChI is InChI=1S/C13H16Cl2N2O5S2/c1-17(2)24(21,22)12-5-9(10(14)6-11(12)15)13(18)16-8-3-4-23(19,20)7-8/h5-6,8H,3-4,7H2,1-2H3,(H,16,18)/t8-/m1/s1. The minimum absolute atomic E-state index is 0.00650. The van der Waals surface area contributed by atoms with E-state index < -0.39 is 31.8 Å². The zero-order valence-corrected chi connectivity index (χ0v) is 16.1. The van der Waals surface area contributed by atoms with Crippen molar-refractivity contribution in [1.29, 1.82) is 0 Å². The molecule has 0 aromatic heterocycles. The highest BCUT2D eigenvalue weighted by Crippen LogP contribution is 2.30. The first kappa shape index (κ1) is 19.5. The number of nitrogens with zero attached hydrogens (tertiary/aromatic N) is 1. The molecule has 1 heterocycles. The first-order valence-electron chi connectivity index (χ1n) is 6.87. The number of rotatable bonds is 4. The molecule has 0 saturated carbocycles. The van der Waals surface area contributed by atoms with E-state index in [4.69, 9.17) is 23.2 Å². The summed E-state index contributed by atoms with van der Waals surface area (Å²) in [6.45, 7) is 0. The normalized spacial score (nSPS) is 20.3. The van der Waals surface area contributed by atoms with Crippen molar-refractivity contribution in [2.75, 3.05) is 25.6 Å². The van der Waals surface area contributed by atoms with Gasteiger partial charge in [0, 0.05) is 20.1 Å². The first-order valence-corrected chi connectivity index (χ1v) is 10.9. The summed E-state index contributed by atoms with van der Waals surface area (Å²) in [5.74, 6) is -0.784. The van der Waals surface area contributed by atoms with E-state index in [0.717, 1.165) is 10.4 Å². The van der Waals surface area contributed by atoms with Gasteiger partial charge in [-0.05, 0) is 18.6 Å². The van der Waals surface area contributed by atoms with Gasteiger partial charge in [-0.15, -0.1) is 0 Å². The summed E-state index contributed by atoms with van der Waals surface area (Å²) in [5, 5.41) is 2.44. The lowest BCUT2D eigenvalue weighted by Gasteiger charge is -2.16. The van der Waals surface area contributed by atoms with Gasteiger partial charge in [0.25, 0.3) is 5.91 Å². The van der Waals surface area contributed by atoms with Crippen molar-refractivity contribution in [2.24, 2.45) is 0 Å². The van der Waals surface area contributed by atoms with Crippen molar-refractivity contribution in [3.63, 3.8) is 0 Å². The molecule has 1 aliphatic rings. The summed E-state index contributed by atoms with van der Waals surface area (Å²) < 4.78 is 48.4. The van der Waals surface area contributed by atoms with Gasteiger partial charge in [-0.25, -0.2) is 21.1 Å². The van der Waals surface area contributed by atoms with Crippen LogP contribution in [0.1, 0.15) is 16.8 Å². The molecule has 0 radical (unpaired) electrons. The molecule has 2 rings (SSSR count). The minimum atomic E-state index is -3.86. The van der Waals surface area contributed by atoms with E-state index in [1.54, 1.807) is 0 Å². The van der Waals surface area contributed by atoms with Crippen LogP contribution in [0.15, 0.2) is 17.0 Å². The fourth-order valence-electron chi connectivity index (χ4n) is 2.27. The predicted molar refractivity (Wildman–Crippen MR) is 91.9 cm³/mol. The van der Waals surface area contributed by atoms with Crippen molar-refractivity contribution in [3.8, 4) is 0 Å². The van der Waals surface area contributed by atoms with Crippen LogP contribution in [0.3, 0.4) is 0 Å². The number of carbonyl (C=O) groups excluding carboxylic acids is 1. The van der Waals surface area contributed by atoms with Gasteiger partial charge >= 0.3 is 0 Å². The molecule has 1 N–H and O–H groups in total. The van der Waals surface area contributed by atoms with Crippen LogP contribution in [-0.4, -0.2) is 58.7 Å². The number of sulfone groups is 1. The first-order chi connectivity index (χ1) is 10.9. The van der Waals surface area contributed by atoms with Gasteiger partial charge in [-0.3, -0.25) is 4.79 Å². The number of hydrogen-bond donors (Lipinski definition) is 1. The number of nitrogens with one attached hydrogen (secondary N) is 1. The zero-order chi connectivity index (χ0) is 18.3.